The fraction of sp³-hybridized carbons (Fsp3) is 0.929. The van der Waals surface area contributed by atoms with Gasteiger partial charge >= 0.3 is 0 Å². The second-order valence-corrected chi connectivity index (χ2v) is 12.6. The van der Waals surface area contributed by atoms with Gasteiger partial charge in [0.1, 0.15) is 0 Å². The number of hydrogen-bond acceptors (Lipinski definition) is 5. The zero-order chi connectivity index (χ0) is 24.5. The molecular formula is C28H49N5O2. The molecule has 5 fully saturated rings. The number of rotatable bonds is 6. The second-order valence-electron chi connectivity index (χ2n) is 12.6. The summed E-state index contributed by atoms with van der Waals surface area (Å²) in [6.45, 7) is 1.04. The Bertz CT molecular complexity index is 754. The number of fused-ring (bicyclic) bond motifs is 2. The van der Waals surface area contributed by atoms with Gasteiger partial charge in [-0.05, 0) is 101 Å². The van der Waals surface area contributed by atoms with Gasteiger partial charge in [-0.25, -0.2) is 0 Å². The van der Waals surface area contributed by atoms with E-state index in [1.165, 1.54) is 38.5 Å². The van der Waals surface area contributed by atoms with E-state index in [0.717, 1.165) is 69.7 Å². The molecule has 4 aliphatic carbocycles. The lowest BCUT2D eigenvalue weighted by atomic mass is 9.64. The number of nitrogens with zero attached hydrogens (tertiary/aromatic N) is 1. The molecule has 0 aromatic rings. The lowest BCUT2D eigenvalue weighted by Crippen LogP contribution is -2.53. The van der Waals surface area contributed by atoms with Crippen molar-refractivity contribution in [2.24, 2.45) is 41.1 Å². The Labute approximate surface area is 212 Å². The summed E-state index contributed by atoms with van der Waals surface area (Å²) in [4.78, 5) is 16.3. The molecule has 7 heteroatoms. The number of carbonyl (C=O) groups excluding carboxylic acids is 1. The third-order valence-electron chi connectivity index (χ3n) is 10.7. The minimum atomic E-state index is -0.0259. The Morgan fingerprint density at radius 1 is 0.971 bits per heavy atom. The van der Waals surface area contributed by atoms with Crippen LogP contribution >= 0.6 is 0 Å². The van der Waals surface area contributed by atoms with Crippen LogP contribution in [0.25, 0.3) is 0 Å². The summed E-state index contributed by atoms with van der Waals surface area (Å²) in [7, 11) is 1.87. The van der Waals surface area contributed by atoms with Crippen molar-refractivity contribution in [3.05, 3.63) is 0 Å². The Kier molecular flexibility index (Phi) is 8.05. The number of hydrogen-bond donors (Lipinski definition) is 4. The van der Waals surface area contributed by atoms with Crippen LogP contribution in [0.2, 0.25) is 0 Å². The Hall–Kier alpha value is -1.18. The van der Waals surface area contributed by atoms with E-state index in [1.807, 2.05) is 7.11 Å². The molecule has 1 amide bonds. The SMILES string of the molecule is COC1CCC2C(CCCC2CN2C(C(=O)NC3CCC(N)CC3)CC3CCC(C(=N)N)CC32)C1. The molecule has 8 unspecified atom stereocenters. The quantitative estimate of drug-likeness (QED) is 0.338. The van der Waals surface area contributed by atoms with E-state index in [9.17, 15) is 4.79 Å². The average molecular weight is 488 g/mol. The van der Waals surface area contributed by atoms with Crippen LogP contribution < -0.4 is 16.8 Å². The van der Waals surface area contributed by atoms with Crippen molar-refractivity contribution in [3.63, 3.8) is 0 Å². The van der Waals surface area contributed by atoms with Crippen LogP contribution in [-0.4, -0.2) is 60.6 Å². The van der Waals surface area contributed by atoms with Gasteiger partial charge in [0.25, 0.3) is 0 Å². The van der Waals surface area contributed by atoms with Crippen LogP contribution in [0.15, 0.2) is 0 Å². The van der Waals surface area contributed by atoms with Gasteiger partial charge in [0, 0.05) is 37.7 Å². The molecule has 5 aliphatic rings. The maximum Gasteiger partial charge on any atom is 0.237 e. The van der Waals surface area contributed by atoms with Crippen LogP contribution in [0.1, 0.15) is 89.9 Å². The topological polar surface area (TPSA) is 117 Å². The van der Waals surface area contributed by atoms with Crippen LogP contribution in [0.3, 0.4) is 0 Å². The van der Waals surface area contributed by atoms with Crippen molar-refractivity contribution in [3.8, 4) is 0 Å². The van der Waals surface area contributed by atoms with Crippen molar-refractivity contribution in [1.29, 1.82) is 5.41 Å². The van der Waals surface area contributed by atoms with Crippen LogP contribution in [0, 0.1) is 35.0 Å². The van der Waals surface area contributed by atoms with E-state index in [2.05, 4.69) is 10.2 Å². The number of likely N-dealkylation sites (tertiary alicyclic amines) is 1. The molecule has 0 bridgehead atoms. The first-order valence-corrected chi connectivity index (χ1v) is 14.6. The summed E-state index contributed by atoms with van der Waals surface area (Å²) < 4.78 is 5.74. The molecule has 1 heterocycles. The summed E-state index contributed by atoms with van der Waals surface area (Å²) >= 11 is 0. The molecule has 0 aromatic heterocycles. The predicted octanol–water partition coefficient (Wildman–Crippen LogP) is 3.40. The Morgan fingerprint density at radius 2 is 1.77 bits per heavy atom. The van der Waals surface area contributed by atoms with Crippen molar-refractivity contribution in [1.82, 2.24) is 10.2 Å². The van der Waals surface area contributed by atoms with Gasteiger partial charge in [0.2, 0.25) is 5.91 Å². The molecule has 0 spiro atoms. The number of nitrogens with one attached hydrogen (secondary N) is 2. The molecule has 5 rings (SSSR count). The number of amidine groups is 1. The van der Waals surface area contributed by atoms with Gasteiger partial charge in [-0.3, -0.25) is 15.1 Å². The standard InChI is InChI=1S/C28H49N5O2/c1-35-23-11-12-24-17(13-23)3-2-4-20(24)16-33-25-15-19(27(30)31)6-5-18(25)14-26(33)28(34)32-22-9-7-21(29)8-10-22/h17-26H,2-16,29H2,1H3,(H3,30,31)(H,32,34). The summed E-state index contributed by atoms with van der Waals surface area (Å²) in [6, 6.07) is 0.941. The summed E-state index contributed by atoms with van der Waals surface area (Å²) in [5.74, 6) is 3.54. The highest BCUT2D eigenvalue weighted by Gasteiger charge is 2.49. The number of ether oxygens (including phenoxy) is 1. The van der Waals surface area contributed by atoms with Gasteiger partial charge < -0.3 is 21.5 Å². The summed E-state index contributed by atoms with van der Waals surface area (Å²) in [5, 5.41) is 11.5. The molecule has 35 heavy (non-hydrogen) atoms. The number of carbonyl (C=O) groups is 1. The first-order chi connectivity index (χ1) is 16.9. The number of methoxy groups -OCH3 is 1. The molecule has 198 valence electrons. The third-order valence-corrected chi connectivity index (χ3v) is 10.7. The molecule has 0 radical (unpaired) electrons. The summed E-state index contributed by atoms with van der Waals surface area (Å²) in [6.07, 6.45) is 16.1. The van der Waals surface area contributed by atoms with E-state index in [1.54, 1.807) is 0 Å². The minimum Gasteiger partial charge on any atom is -0.387 e. The van der Waals surface area contributed by atoms with E-state index in [0.29, 0.717) is 35.9 Å². The van der Waals surface area contributed by atoms with Gasteiger partial charge in [-0.1, -0.05) is 12.8 Å². The van der Waals surface area contributed by atoms with Crippen molar-refractivity contribution in [2.45, 2.75) is 120 Å². The normalized spacial score (nSPS) is 44.3. The fourth-order valence-electron chi connectivity index (χ4n) is 8.67. The van der Waals surface area contributed by atoms with Gasteiger partial charge in [-0.15, -0.1) is 0 Å². The number of nitrogens with two attached hydrogens (primary N) is 2. The third kappa shape index (κ3) is 5.57. The zero-order valence-electron chi connectivity index (χ0n) is 21.8. The van der Waals surface area contributed by atoms with Crippen molar-refractivity contribution >= 4 is 11.7 Å². The first kappa shape index (κ1) is 25.5. The van der Waals surface area contributed by atoms with Gasteiger partial charge in [-0.2, -0.15) is 0 Å². The second kappa shape index (κ2) is 11.1. The van der Waals surface area contributed by atoms with E-state index in [4.69, 9.17) is 21.6 Å². The van der Waals surface area contributed by atoms with Crippen LogP contribution in [0.5, 0.6) is 0 Å². The van der Waals surface area contributed by atoms with Gasteiger partial charge in [0.05, 0.1) is 18.0 Å². The predicted molar refractivity (Wildman–Crippen MR) is 139 cm³/mol. The largest absolute Gasteiger partial charge is 0.387 e. The molecule has 0 aromatic carbocycles. The van der Waals surface area contributed by atoms with E-state index < -0.39 is 0 Å². The fourth-order valence-corrected chi connectivity index (χ4v) is 8.67. The monoisotopic (exact) mass is 487 g/mol. The summed E-state index contributed by atoms with van der Waals surface area (Å²) in [5.41, 5.74) is 12.1. The van der Waals surface area contributed by atoms with E-state index >= 15 is 0 Å². The molecule has 4 saturated carbocycles. The van der Waals surface area contributed by atoms with Crippen LogP contribution in [0.4, 0.5) is 0 Å². The highest BCUT2D eigenvalue weighted by molar-refractivity contribution is 5.83. The molecule has 8 atom stereocenters. The zero-order valence-corrected chi connectivity index (χ0v) is 21.8. The highest BCUT2D eigenvalue weighted by Crippen LogP contribution is 2.48. The Morgan fingerprint density at radius 3 is 2.51 bits per heavy atom. The smallest absolute Gasteiger partial charge is 0.237 e. The van der Waals surface area contributed by atoms with Gasteiger partial charge in [0.15, 0.2) is 0 Å². The lowest BCUT2D eigenvalue weighted by Gasteiger charge is -2.46. The number of amides is 1. The van der Waals surface area contributed by atoms with Crippen molar-refractivity contribution < 1.29 is 9.53 Å². The molecule has 1 saturated heterocycles. The molecular weight excluding hydrogens is 438 g/mol. The Balaban J connectivity index is 1.31. The molecule has 1 aliphatic heterocycles. The minimum absolute atomic E-state index is 0.0259. The lowest BCUT2D eigenvalue weighted by molar-refractivity contribution is -0.127. The maximum absolute atomic E-state index is 13.7. The highest BCUT2D eigenvalue weighted by atomic mass is 16.5. The molecule has 6 N–H and O–H groups in total. The van der Waals surface area contributed by atoms with Crippen molar-refractivity contribution in [2.75, 3.05) is 13.7 Å². The first-order valence-electron chi connectivity index (χ1n) is 14.6. The maximum atomic E-state index is 13.7. The van der Waals surface area contributed by atoms with Crippen LogP contribution in [-0.2, 0) is 9.53 Å². The molecule has 7 nitrogen and oxygen atoms in total. The van der Waals surface area contributed by atoms with E-state index in [-0.39, 0.29) is 23.9 Å². The average Bonchev–Trinajstić information content (AvgIpc) is 3.23.